The van der Waals surface area contributed by atoms with E-state index in [4.69, 9.17) is 0 Å². The van der Waals surface area contributed by atoms with Crippen LogP contribution in [0.5, 0.6) is 0 Å². The molecule has 1 nitrogen and oxygen atoms in total. The maximum atomic E-state index is 2.37. The summed E-state index contributed by atoms with van der Waals surface area (Å²) in [6, 6.07) is 10.9. The minimum absolute atomic E-state index is 0. The van der Waals surface area contributed by atoms with Crippen molar-refractivity contribution in [2.45, 2.75) is 103 Å². The molecule has 0 N–H and O–H groups in total. The third kappa shape index (κ3) is 16.3. The average Bonchev–Trinajstić information content (AvgIpc) is 2.62. The quantitative estimate of drug-likeness (QED) is 0.242. The van der Waals surface area contributed by atoms with Crippen LogP contribution in [-0.4, -0.2) is 25.1 Å². The summed E-state index contributed by atoms with van der Waals surface area (Å²) < 4.78 is 1.11. The second-order valence-corrected chi connectivity index (χ2v) is 8.90. The molecule has 0 aliphatic rings. The van der Waals surface area contributed by atoms with Crippen LogP contribution in [0.3, 0.4) is 0 Å². The lowest BCUT2D eigenvalue weighted by Crippen LogP contribution is -3.00. The van der Waals surface area contributed by atoms with Crippen LogP contribution in [0, 0.1) is 0 Å². The molecule has 0 saturated carbocycles. The third-order valence-electron chi connectivity index (χ3n) is 5.57. The van der Waals surface area contributed by atoms with Crippen LogP contribution in [0.15, 0.2) is 30.3 Å². The van der Waals surface area contributed by atoms with E-state index >= 15 is 0 Å². The number of quaternary nitrogens is 1. The van der Waals surface area contributed by atoms with E-state index in [0.29, 0.717) is 0 Å². The Morgan fingerprint density at radius 2 is 1.00 bits per heavy atom. The Hall–Kier alpha value is -0.340. The van der Waals surface area contributed by atoms with Crippen LogP contribution in [0.4, 0.5) is 0 Å². The molecule has 1 aromatic carbocycles. The minimum Gasteiger partial charge on any atom is -1.00 e. The first kappa shape index (κ1) is 26.7. The summed E-state index contributed by atoms with van der Waals surface area (Å²) >= 11 is 0. The van der Waals surface area contributed by atoms with Crippen LogP contribution in [0.1, 0.15) is 102 Å². The van der Waals surface area contributed by atoms with E-state index in [0.717, 1.165) is 11.0 Å². The maximum Gasteiger partial charge on any atom is 0.104 e. The van der Waals surface area contributed by atoms with Crippen molar-refractivity contribution in [3.05, 3.63) is 35.9 Å². The molecule has 0 spiro atoms. The Bertz CT molecular complexity index is 416. The normalized spacial score (nSPS) is 11.4. The van der Waals surface area contributed by atoms with Crippen LogP contribution < -0.4 is 17.0 Å². The van der Waals surface area contributed by atoms with Gasteiger partial charge in [0, 0.05) is 5.56 Å². The smallest absolute Gasteiger partial charge is 0.104 e. The highest BCUT2D eigenvalue weighted by Gasteiger charge is 2.14. The largest absolute Gasteiger partial charge is 1.00 e. The number of rotatable bonds is 17. The van der Waals surface area contributed by atoms with Crippen molar-refractivity contribution < 1.29 is 21.5 Å². The Morgan fingerprint density at radius 3 is 1.44 bits per heavy atom. The highest BCUT2D eigenvalue weighted by Crippen LogP contribution is 2.14. The molecular weight excluding hydrogens is 394 g/mol. The Labute approximate surface area is 181 Å². The van der Waals surface area contributed by atoms with Crippen LogP contribution >= 0.6 is 0 Å². The zero-order valence-electron chi connectivity index (χ0n) is 18.5. The molecule has 0 saturated heterocycles. The van der Waals surface area contributed by atoms with Crippen molar-refractivity contribution in [3.63, 3.8) is 0 Å². The molecule has 2 heteroatoms. The second-order valence-electron chi connectivity index (χ2n) is 8.90. The van der Waals surface area contributed by atoms with Gasteiger partial charge in [-0.05, 0) is 12.8 Å². The van der Waals surface area contributed by atoms with Crippen LogP contribution in [0.2, 0.25) is 0 Å². The van der Waals surface area contributed by atoms with E-state index in [-0.39, 0.29) is 17.0 Å². The molecular formula is C25H46BrN. The molecule has 0 aromatic heterocycles. The minimum atomic E-state index is 0. The molecule has 0 unspecified atom stereocenters. The molecule has 0 aliphatic carbocycles. The van der Waals surface area contributed by atoms with E-state index < -0.39 is 0 Å². The number of unbranched alkanes of at least 4 members (excludes halogenated alkanes) is 13. The summed E-state index contributed by atoms with van der Waals surface area (Å²) in [5.74, 6) is 0. The number of hydrogen-bond acceptors (Lipinski definition) is 0. The summed E-state index contributed by atoms with van der Waals surface area (Å²) in [4.78, 5) is 0. The third-order valence-corrected chi connectivity index (χ3v) is 5.57. The van der Waals surface area contributed by atoms with E-state index in [1.807, 2.05) is 0 Å². The fourth-order valence-electron chi connectivity index (χ4n) is 3.89. The van der Waals surface area contributed by atoms with Crippen molar-refractivity contribution in [1.29, 1.82) is 0 Å². The molecule has 1 rings (SSSR count). The molecule has 158 valence electrons. The molecule has 0 bridgehead atoms. The summed E-state index contributed by atoms with van der Waals surface area (Å²) in [6.07, 6.45) is 20.2. The van der Waals surface area contributed by atoms with Gasteiger partial charge in [-0.15, -0.1) is 0 Å². The SMILES string of the molecule is CCCCCCCCCCCCCCCC[N+](C)(C)Cc1ccccc1.[Br-]. The molecule has 0 radical (unpaired) electrons. The number of hydrogen-bond donors (Lipinski definition) is 0. The highest BCUT2D eigenvalue weighted by molar-refractivity contribution is 5.13. The van der Waals surface area contributed by atoms with Gasteiger partial charge in [0.25, 0.3) is 0 Å². The number of halogens is 1. The standard InChI is InChI=1S/C25H46N.BrH/c1-4-5-6-7-8-9-10-11-12-13-14-15-16-20-23-26(2,3)24-25-21-18-17-19-22-25;/h17-19,21-22H,4-16,20,23-24H2,1-3H3;1H/q+1;/p-1. The van der Waals surface area contributed by atoms with E-state index in [2.05, 4.69) is 51.4 Å². The Balaban J connectivity index is 0.00000676. The van der Waals surface area contributed by atoms with Gasteiger partial charge >= 0.3 is 0 Å². The highest BCUT2D eigenvalue weighted by atomic mass is 79.9. The first-order valence-electron chi connectivity index (χ1n) is 11.5. The summed E-state index contributed by atoms with van der Waals surface area (Å²) in [6.45, 7) is 4.75. The van der Waals surface area contributed by atoms with Gasteiger partial charge in [0.1, 0.15) is 6.54 Å². The first-order chi connectivity index (χ1) is 12.6. The van der Waals surface area contributed by atoms with Gasteiger partial charge in [-0.25, -0.2) is 0 Å². The maximum absolute atomic E-state index is 2.37. The zero-order valence-corrected chi connectivity index (χ0v) is 20.1. The van der Waals surface area contributed by atoms with E-state index in [9.17, 15) is 0 Å². The second kappa shape index (κ2) is 17.7. The van der Waals surface area contributed by atoms with Gasteiger partial charge in [-0.1, -0.05) is 114 Å². The van der Waals surface area contributed by atoms with Crippen LogP contribution in [-0.2, 0) is 6.54 Å². The predicted octanol–water partition coefficient (Wildman–Crippen LogP) is 4.75. The van der Waals surface area contributed by atoms with Gasteiger partial charge < -0.3 is 21.5 Å². The summed E-state index contributed by atoms with van der Waals surface area (Å²) in [5.41, 5.74) is 1.46. The van der Waals surface area contributed by atoms with Gasteiger partial charge in [0.15, 0.2) is 0 Å². The van der Waals surface area contributed by atoms with Crippen molar-refractivity contribution in [2.75, 3.05) is 20.6 Å². The van der Waals surface area contributed by atoms with Gasteiger partial charge in [-0.2, -0.15) is 0 Å². The lowest BCUT2D eigenvalue weighted by Gasteiger charge is -2.30. The van der Waals surface area contributed by atoms with Gasteiger partial charge in [0.05, 0.1) is 20.6 Å². The first-order valence-corrected chi connectivity index (χ1v) is 11.5. The Kier molecular flexibility index (Phi) is 17.5. The molecule has 1 aromatic rings. The van der Waals surface area contributed by atoms with Crippen molar-refractivity contribution in [3.8, 4) is 0 Å². The van der Waals surface area contributed by atoms with Crippen molar-refractivity contribution in [2.24, 2.45) is 0 Å². The van der Waals surface area contributed by atoms with E-state index in [1.54, 1.807) is 0 Å². The lowest BCUT2D eigenvalue weighted by molar-refractivity contribution is -0.903. The monoisotopic (exact) mass is 439 g/mol. The van der Waals surface area contributed by atoms with Crippen molar-refractivity contribution in [1.82, 2.24) is 0 Å². The van der Waals surface area contributed by atoms with Crippen LogP contribution in [0.25, 0.3) is 0 Å². The number of nitrogens with zero attached hydrogens (tertiary/aromatic N) is 1. The van der Waals surface area contributed by atoms with E-state index in [1.165, 1.54) is 102 Å². The summed E-state index contributed by atoms with van der Waals surface area (Å²) in [5, 5.41) is 0. The fraction of sp³-hybridized carbons (Fsp3) is 0.760. The molecule has 0 aliphatic heterocycles. The average molecular weight is 441 g/mol. The predicted molar refractivity (Wildman–Crippen MR) is 117 cm³/mol. The summed E-state index contributed by atoms with van der Waals surface area (Å²) in [7, 11) is 4.74. The topological polar surface area (TPSA) is 0 Å². The van der Waals surface area contributed by atoms with Gasteiger partial charge in [-0.3, -0.25) is 0 Å². The molecule has 0 fully saturated rings. The fourth-order valence-corrected chi connectivity index (χ4v) is 3.89. The molecule has 0 heterocycles. The molecule has 27 heavy (non-hydrogen) atoms. The molecule has 0 atom stereocenters. The zero-order chi connectivity index (χ0) is 18.9. The van der Waals surface area contributed by atoms with Crippen molar-refractivity contribution >= 4 is 0 Å². The Morgan fingerprint density at radius 1 is 0.593 bits per heavy atom. The molecule has 0 amide bonds. The lowest BCUT2D eigenvalue weighted by atomic mass is 10.0. The van der Waals surface area contributed by atoms with Gasteiger partial charge in [0.2, 0.25) is 0 Å². The number of benzene rings is 1.